The number of piperidine rings is 1. The van der Waals surface area contributed by atoms with Crippen LogP contribution in [0.1, 0.15) is 36.3 Å². The number of hydrogen-bond acceptors (Lipinski definition) is 4. The van der Waals surface area contributed by atoms with Gasteiger partial charge in [-0.15, -0.1) is 0 Å². The van der Waals surface area contributed by atoms with Crippen molar-refractivity contribution in [3.8, 4) is 5.75 Å². The number of ether oxygens (including phenoxy) is 1. The van der Waals surface area contributed by atoms with Crippen molar-refractivity contribution in [2.45, 2.75) is 31.7 Å². The highest BCUT2D eigenvalue weighted by molar-refractivity contribution is 7.08. The van der Waals surface area contributed by atoms with Gasteiger partial charge in [0.1, 0.15) is 11.6 Å². The smallest absolute Gasteiger partial charge is 0.123 e. The molecule has 3 aromatic rings. The number of likely N-dealkylation sites (tertiary alicyclic amines) is 2. The Labute approximate surface area is 227 Å². The van der Waals surface area contributed by atoms with E-state index in [0.717, 1.165) is 62.0 Å². The molecule has 0 amide bonds. The number of rotatable bonds is 9. The van der Waals surface area contributed by atoms with Crippen molar-refractivity contribution in [3.63, 3.8) is 0 Å². The summed E-state index contributed by atoms with van der Waals surface area (Å²) >= 11 is 14.4. The highest BCUT2D eigenvalue weighted by atomic mass is 35.5. The summed E-state index contributed by atoms with van der Waals surface area (Å²) in [5, 5.41) is 5.96. The van der Waals surface area contributed by atoms with Crippen LogP contribution in [0.3, 0.4) is 0 Å². The number of halogens is 3. The fourth-order valence-electron chi connectivity index (χ4n) is 5.69. The van der Waals surface area contributed by atoms with E-state index in [0.29, 0.717) is 29.4 Å². The molecule has 3 heterocycles. The fourth-order valence-corrected chi connectivity index (χ4v) is 6.89. The molecule has 2 aromatic carbocycles. The van der Waals surface area contributed by atoms with Crippen LogP contribution in [0.5, 0.6) is 5.75 Å². The van der Waals surface area contributed by atoms with E-state index in [9.17, 15) is 4.39 Å². The number of thiophene rings is 1. The molecule has 2 unspecified atom stereocenters. The zero-order valence-electron chi connectivity index (χ0n) is 20.4. The van der Waals surface area contributed by atoms with Crippen LogP contribution in [0.2, 0.25) is 10.0 Å². The number of hydrogen-bond donors (Lipinski definition) is 0. The van der Waals surface area contributed by atoms with Gasteiger partial charge in [-0.3, -0.25) is 4.90 Å². The third-order valence-corrected chi connectivity index (χ3v) is 8.99. The highest BCUT2D eigenvalue weighted by Crippen LogP contribution is 2.36. The molecule has 0 N–H and O–H groups in total. The molecular formula is C29H33Cl2FN2OS. The first-order valence-corrected chi connectivity index (χ1v) is 14.5. The SMILES string of the molecule is Fc1ccc(OCCC2CCN(CC3CN(Cc4ccc(Cl)cc4Cl)CC3c3ccsc3)CC2)cc1. The molecule has 0 bridgehead atoms. The first kappa shape index (κ1) is 26.0. The van der Waals surface area contributed by atoms with Gasteiger partial charge in [-0.1, -0.05) is 29.3 Å². The highest BCUT2D eigenvalue weighted by Gasteiger charge is 2.36. The average molecular weight is 548 g/mol. The third-order valence-electron chi connectivity index (χ3n) is 7.71. The molecule has 2 aliphatic heterocycles. The Morgan fingerprint density at radius 3 is 2.50 bits per heavy atom. The Kier molecular flexibility index (Phi) is 8.86. The lowest BCUT2D eigenvalue weighted by atomic mass is 9.88. The van der Waals surface area contributed by atoms with Crippen molar-refractivity contribution < 1.29 is 9.13 Å². The van der Waals surface area contributed by atoms with Crippen molar-refractivity contribution in [2.24, 2.45) is 11.8 Å². The quantitative estimate of drug-likeness (QED) is 0.275. The lowest BCUT2D eigenvalue weighted by Crippen LogP contribution is -2.39. The summed E-state index contributed by atoms with van der Waals surface area (Å²) in [6.07, 6.45) is 3.49. The topological polar surface area (TPSA) is 15.7 Å². The minimum absolute atomic E-state index is 0.227. The third kappa shape index (κ3) is 6.81. The summed E-state index contributed by atoms with van der Waals surface area (Å²) < 4.78 is 18.9. The predicted molar refractivity (Wildman–Crippen MR) is 148 cm³/mol. The maximum atomic E-state index is 13.1. The van der Waals surface area contributed by atoms with E-state index in [-0.39, 0.29) is 5.82 Å². The number of benzene rings is 2. The molecule has 0 aliphatic carbocycles. The van der Waals surface area contributed by atoms with E-state index in [1.54, 1.807) is 23.5 Å². The van der Waals surface area contributed by atoms with Crippen molar-refractivity contribution in [2.75, 3.05) is 39.3 Å². The maximum Gasteiger partial charge on any atom is 0.123 e. The molecule has 2 aliphatic rings. The lowest BCUT2D eigenvalue weighted by Gasteiger charge is -2.34. The lowest BCUT2D eigenvalue weighted by molar-refractivity contribution is 0.142. The molecule has 2 atom stereocenters. The molecule has 2 fully saturated rings. The predicted octanol–water partition coefficient (Wildman–Crippen LogP) is 7.59. The molecule has 0 spiro atoms. The summed E-state index contributed by atoms with van der Waals surface area (Å²) in [6.45, 7) is 7.16. The monoisotopic (exact) mass is 546 g/mol. The fraction of sp³-hybridized carbons (Fsp3) is 0.448. The van der Waals surface area contributed by atoms with Crippen LogP contribution in [-0.2, 0) is 6.54 Å². The van der Waals surface area contributed by atoms with E-state index in [4.69, 9.17) is 27.9 Å². The van der Waals surface area contributed by atoms with E-state index >= 15 is 0 Å². The molecular weight excluding hydrogens is 514 g/mol. The molecule has 5 rings (SSSR count). The largest absolute Gasteiger partial charge is 0.494 e. The first-order valence-electron chi connectivity index (χ1n) is 12.8. The normalized spacial score (nSPS) is 21.8. The van der Waals surface area contributed by atoms with E-state index < -0.39 is 0 Å². The molecule has 0 radical (unpaired) electrons. The van der Waals surface area contributed by atoms with E-state index in [1.807, 2.05) is 12.1 Å². The second-order valence-corrected chi connectivity index (χ2v) is 11.8. The Balaban J connectivity index is 1.12. The molecule has 192 valence electrons. The van der Waals surface area contributed by atoms with Crippen LogP contribution in [-0.4, -0.2) is 49.1 Å². The summed E-state index contributed by atoms with van der Waals surface area (Å²) in [6, 6.07) is 14.4. The molecule has 36 heavy (non-hydrogen) atoms. The molecule has 2 saturated heterocycles. The molecule has 3 nitrogen and oxygen atoms in total. The van der Waals surface area contributed by atoms with Gasteiger partial charge in [0.25, 0.3) is 0 Å². The zero-order valence-corrected chi connectivity index (χ0v) is 22.7. The van der Waals surface area contributed by atoms with Gasteiger partial charge in [0.15, 0.2) is 0 Å². The first-order chi connectivity index (χ1) is 17.5. The Hall–Kier alpha value is -1.63. The van der Waals surface area contributed by atoms with Crippen molar-refractivity contribution in [3.05, 3.63) is 86.3 Å². The summed E-state index contributed by atoms with van der Waals surface area (Å²) in [5.41, 5.74) is 2.62. The second kappa shape index (κ2) is 12.3. The van der Waals surface area contributed by atoms with Gasteiger partial charge in [0.2, 0.25) is 0 Å². The van der Waals surface area contributed by atoms with Crippen molar-refractivity contribution >= 4 is 34.5 Å². The number of nitrogens with zero attached hydrogens (tertiary/aromatic N) is 2. The van der Waals surface area contributed by atoms with Gasteiger partial charge < -0.3 is 9.64 Å². The van der Waals surface area contributed by atoms with Crippen LogP contribution < -0.4 is 4.74 Å². The molecule has 0 saturated carbocycles. The summed E-state index contributed by atoms with van der Waals surface area (Å²) in [4.78, 5) is 5.22. The average Bonchev–Trinajstić information content (AvgIpc) is 3.53. The Morgan fingerprint density at radius 1 is 0.972 bits per heavy atom. The minimum atomic E-state index is -0.227. The molecule has 1 aromatic heterocycles. The second-order valence-electron chi connectivity index (χ2n) is 10.2. The Morgan fingerprint density at radius 2 is 1.78 bits per heavy atom. The van der Waals surface area contributed by atoms with Crippen molar-refractivity contribution in [1.29, 1.82) is 0 Å². The standard InChI is InChI=1S/C29H33Cl2FN2OS/c30-25-2-1-22(29(31)15-25)16-34-18-24(28(19-34)23-10-14-36-20-23)17-33-11-7-21(8-12-33)9-13-35-27-5-3-26(32)4-6-27/h1-6,10,14-15,20-21,24,28H,7-9,11-13,16-19H2. The van der Waals surface area contributed by atoms with Gasteiger partial charge in [-0.05, 0) is 109 Å². The van der Waals surface area contributed by atoms with Crippen LogP contribution in [0.4, 0.5) is 4.39 Å². The zero-order chi connectivity index (χ0) is 24.9. The van der Waals surface area contributed by atoms with Crippen molar-refractivity contribution in [1.82, 2.24) is 9.80 Å². The summed E-state index contributed by atoms with van der Waals surface area (Å²) in [5.74, 6) is 2.39. The Bertz CT molecular complexity index is 1100. The van der Waals surface area contributed by atoms with Gasteiger partial charge in [0.05, 0.1) is 6.61 Å². The van der Waals surface area contributed by atoms with Crippen LogP contribution in [0, 0.1) is 17.7 Å². The maximum absolute atomic E-state index is 13.1. The van der Waals surface area contributed by atoms with E-state index in [1.165, 1.54) is 30.5 Å². The van der Waals surface area contributed by atoms with Crippen LogP contribution in [0.15, 0.2) is 59.3 Å². The van der Waals surface area contributed by atoms with Crippen LogP contribution >= 0.6 is 34.5 Å². The molecule has 7 heteroatoms. The summed E-state index contributed by atoms with van der Waals surface area (Å²) in [7, 11) is 0. The van der Waals surface area contributed by atoms with E-state index in [2.05, 4.69) is 32.7 Å². The van der Waals surface area contributed by atoms with Gasteiger partial charge in [0, 0.05) is 42.1 Å². The van der Waals surface area contributed by atoms with Gasteiger partial charge >= 0.3 is 0 Å². The minimum Gasteiger partial charge on any atom is -0.494 e. The van der Waals surface area contributed by atoms with Crippen LogP contribution in [0.25, 0.3) is 0 Å². The van der Waals surface area contributed by atoms with Gasteiger partial charge in [-0.2, -0.15) is 11.3 Å². The van der Waals surface area contributed by atoms with Gasteiger partial charge in [-0.25, -0.2) is 4.39 Å².